The second-order valence-electron chi connectivity index (χ2n) is 6.89. The maximum atomic E-state index is 12.1. The molecule has 2 amide bonds. The molecule has 2 saturated heterocycles. The van der Waals surface area contributed by atoms with Crippen LogP contribution in [0.4, 0.5) is 4.79 Å². The maximum absolute atomic E-state index is 12.1. The zero-order valence-electron chi connectivity index (χ0n) is 14.6. The van der Waals surface area contributed by atoms with Crippen molar-refractivity contribution in [2.45, 2.75) is 25.4 Å². The van der Waals surface area contributed by atoms with E-state index in [9.17, 15) is 4.79 Å². The molecule has 3 heterocycles. The summed E-state index contributed by atoms with van der Waals surface area (Å²) in [5.41, 5.74) is 2.01. The molecule has 4 rings (SSSR count). The second-order valence-corrected chi connectivity index (χ2v) is 6.89. The van der Waals surface area contributed by atoms with Crippen molar-refractivity contribution < 1.29 is 4.79 Å². The Labute approximate surface area is 147 Å². The van der Waals surface area contributed by atoms with Crippen LogP contribution in [-0.2, 0) is 6.54 Å². The zero-order chi connectivity index (χ0) is 17.2. The van der Waals surface area contributed by atoms with Gasteiger partial charge < -0.3 is 9.80 Å². The standard InChI is InChI=1S/C18H24N6O/c1-21-11-12-23(18(21)25)16-7-9-22(10-8-16)13-15-14-24(20-19-15)17-5-3-2-4-6-17/h2-6,14,16H,7-13H2,1H3. The summed E-state index contributed by atoms with van der Waals surface area (Å²) in [4.78, 5) is 18.4. The molecule has 2 fully saturated rings. The van der Waals surface area contributed by atoms with E-state index < -0.39 is 0 Å². The van der Waals surface area contributed by atoms with Gasteiger partial charge in [0.1, 0.15) is 0 Å². The van der Waals surface area contributed by atoms with Crippen molar-refractivity contribution in [2.24, 2.45) is 0 Å². The normalized spacial score (nSPS) is 19.8. The van der Waals surface area contributed by atoms with Crippen molar-refractivity contribution in [3.05, 3.63) is 42.2 Å². The first-order valence-electron chi connectivity index (χ1n) is 8.91. The van der Waals surface area contributed by atoms with Crippen molar-refractivity contribution in [1.29, 1.82) is 0 Å². The van der Waals surface area contributed by atoms with Gasteiger partial charge in [-0.25, -0.2) is 9.48 Å². The highest BCUT2D eigenvalue weighted by molar-refractivity contribution is 5.76. The second kappa shape index (κ2) is 6.84. The Morgan fingerprint density at radius 3 is 2.52 bits per heavy atom. The quantitative estimate of drug-likeness (QED) is 0.848. The lowest BCUT2D eigenvalue weighted by atomic mass is 10.0. The molecule has 0 unspecified atom stereocenters. The number of benzene rings is 1. The first-order chi connectivity index (χ1) is 12.2. The SMILES string of the molecule is CN1CCN(C2CCN(Cc3cn(-c4ccccc4)nn3)CC2)C1=O. The number of likely N-dealkylation sites (tertiary alicyclic amines) is 1. The molecular weight excluding hydrogens is 316 g/mol. The van der Waals surface area contributed by atoms with Crippen LogP contribution in [0.25, 0.3) is 5.69 Å². The molecule has 1 aromatic carbocycles. The Morgan fingerprint density at radius 2 is 1.84 bits per heavy atom. The average molecular weight is 340 g/mol. The van der Waals surface area contributed by atoms with Crippen molar-refractivity contribution in [1.82, 2.24) is 29.7 Å². The molecule has 2 aliphatic rings. The summed E-state index contributed by atoms with van der Waals surface area (Å²) < 4.78 is 1.82. The van der Waals surface area contributed by atoms with Crippen molar-refractivity contribution in [3.8, 4) is 5.69 Å². The van der Waals surface area contributed by atoms with E-state index in [0.29, 0.717) is 6.04 Å². The highest BCUT2D eigenvalue weighted by atomic mass is 16.2. The Bertz CT molecular complexity index is 722. The molecule has 1 aromatic heterocycles. The first-order valence-corrected chi connectivity index (χ1v) is 8.91. The Kier molecular flexibility index (Phi) is 4.40. The van der Waals surface area contributed by atoms with Crippen LogP contribution in [0.3, 0.4) is 0 Å². The number of urea groups is 1. The number of amides is 2. The molecule has 0 bridgehead atoms. The van der Waals surface area contributed by atoms with Crippen molar-refractivity contribution in [3.63, 3.8) is 0 Å². The monoisotopic (exact) mass is 340 g/mol. The van der Waals surface area contributed by atoms with Crippen LogP contribution < -0.4 is 0 Å². The molecule has 7 nitrogen and oxygen atoms in total. The minimum Gasteiger partial charge on any atom is -0.326 e. The van der Waals surface area contributed by atoms with Gasteiger partial charge in [0.05, 0.1) is 17.6 Å². The Hall–Kier alpha value is -2.41. The third-order valence-electron chi connectivity index (χ3n) is 5.19. The zero-order valence-corrected chi connectivity index (χ0v) is 14.6. The van der Waals surface area contributed by atoms with Gasteiger partial charge in [-0.1, -0.05) is 23.4 Å². The highest BCUT2D eigenvalue weighted by Gasteiger charge is 2.33. The predicted octanol–water partition coefficient (Wildman–Crippen LogP) is 1.60. The van der Waals surface area contributed by atoms with Gasteiger partial charge in [-0.05, 0) is 25.0 Å². The summed E-state index contributed by atoms with van der Waals surface area (Å²) in [6.45, 7) is 4.52. The molecule has 0 atom stereocenters. The molecule has 25 heavy (non-hydrogen) atoms. The van der Waals surface area contributed by atoms with Gasteiger partial charge >= 0.3 is 6.03 Å². The number of aromatic nitrogens is 3. The van der Waals surface area contributed by atoms with Gasteiger partial charge in [0.15, 0.2) is 0 Å². The van der Waals surface area contributed by atoms with Gasteiger partial charge in [0, 0.05) is 45.8 Å². The number of carbonyl (C=O) groups excluding carboxylic acids is 1. The third-order valence-corrected chi connectivity index (χ3v) is 5.19. The summed E-state index contributed by atoms with van der Waals surface area (Å²) in [6, 6.07) is 10.6. The average Bonchev–Trinajstić information content (AvgIpc) is 3.24. The van der Waals surface area contributed by atoms with Gasteiger partial charge in [-0.15, -0.1) is 5.10 Å². The van der Waals surface area contributed by atoms with E-state index in [4.69, 9.17) is 0 Å². The molecule has 0 saturated carbocycles. The van der Waals surface area contributed by atoms with E-state index in [-0.39, 0.29) is 6.03 Å². The number of nitrogens with zero attached hydrogens (tertiary/aromatic N) is 6. The fraction of sp³-hybridized carbons (Fsp3) is 0.500. The lowest BCUT2D eigenvalue weighted by Crippen LogP contribution is -2.46. The van der Waals surface area contributed by atoms with Crippen molar-refractivity contribution in [2.75, 3.05) is 33.2 Å². The summed E-state index contributed by atoms with van der Waals surface area (Å²) >= 11 is 0. The summed E-state index contributed by atoms with van der Waals surface area (Å²) in [6.07, 6.45) is 4.07. The highest BCUT2D eigenvalue weighted by Crippen LogP contribution is 2.21. The first kappa shape index (κ1) is 16.1. The smallest absolute Gasteiger partial charge is 0.320 e. The Balaban J connectivity index is 1.32. The van der Waals surface area contributed by atoms with Crippen LogP contribution in [0.15, 0.2) is 36.5 Å². The molecule has 0 aliphatic carbocycles. The minimum atomic E-state index is 0.184. The van der Waals surface area contributed by atoms with Crippen LogP contribution >= 0.6 is 0 Å². The van der Waals surface area contributed by atoms with Crippen LogP contribution in [0.5, 0.6) is 0 Å². The lowest BCUT2D eigenvalue weighted by molar-refractivity contribution is 0.127. The number of likely N-dealkylation sites (N-methyl/N-ethyl adjacent to an activating group) is 1. The number of piperidine rings is 1. The predicted molar refractivity (Wildman–Crippen MR) is 94.4 cm³/mol. The minimum absolute atomic E-state index is 0.184. The van der Waals surface area contributed by atoms with Gasteiger partial charge in [0.2, 0.25) is 0 Å². The summed E-state index contributed by atoms with van der Waals surface area (Å²) in [7, 11) is 1.88. The van der Waals surface area contributed by atoms with Gasteiger partial charge in [-0.3, -0.25) is 4.90 Å². The Morgan fingerprint density at radius 1 is 1.08 bits per heavy atom. The van der Waals surface area contributed by atoms with E-state index in [1.807, 2.05) is 58.1 Å². The van der Waals surface area contributed by atoms with Crippen LogP contribution in [-0.4, -0.2) is 75.0 Å². The lowest BCUT2D eigenvalue weighted by Gasteiger charge is -2.36. The summed E-state index contributed by atoms with van der Waals surface area (Å²) in [5.74, 6) is 0. The molecule has 0 radical (unpaired) electrons. The van der Waals surface area contributed by atoms with E-state index in [2.05, 4.69) is 15.2 Å². The number of carbonyl (C=O) groups is 1. The van der Waals surface area contributed by atoms with E-state index in [0.717, 1.165) is 56.9 Å². The van der Waals surface area contributed by atoms with Gasteiger partial charge in [-0.2, -0.15) is 0 Å². The number of hydrogen-bond acceptors (Lipinski definition) is 4. The number of para-hydroxylation sites is 1. The van der Waals surface area contributed by atoms with E-state index >= 15 is 0 Å². The fourth-order valence-electron chi connectivity index (χ4n) is 3.70. The van der Waals surface area contributed by atoms with Crippen LogP contribution in [0.1, 0.15) is 18.5 Å². The van der Waals surface area contributed by atoms with Crippen LogP contribution in [0, 0.1) is 0 Å². The molecule has 2 aliphatic heterocycles. The van der Waals surface area contributed by atoms with Crippen molar-refractivity contribution >= 4 is 6.03 Å². The largest absolute Gasteiger partial charge is 0.326 e. The number of hydrogen-bond donors (Lipinski definition) is 0. The third kappa shape index (κ3) is 3.37. The fourth-order valence-corrected chi connectivity index (χ4v) is 3.70. The van der Waals surface area contributed by atoms with Crippen LogP contribution in [0.2, 0.25) is 0 Å². The van der Waals surface area contributed by atoms with Gasteiger partial charge in [0.25, 0.3) is 0 Å². The molecule has 2 aromatic rings. The molecule has 0 N–H and O–H groups in total. The number of rotatable bonds is 4. The molecule has 0 spiro atoms. The molecule has 132 valence electrons. The van der Waals surface area contributed by atoms with E-state index in [1.54, 1.807) is 0 Å². The summed E-state index contributed by atoms with van der Waals surface area (Å²) in [5, 5.41) is 8.53. The topological polar surface area (TPSA) is 57.5 Å². The van der Waals surface area contributed by atoms with E-state index in [1.165, 1.54) is 0 Å². The molecule has 7 heteroatoms. The molecular formula is C18H24N6O. The maximum Gasteiger partial charge on any atom is 0.320 e.